The van der Waals surface area contributed by atoms with Gasteiger partial charge < -0.3 is 10.5 Å². The Labute approximate surface area is 125 Å². The Balaban J connectivity index is 0.00000144. The van der Waals surface area contributed by atoms with Crippen LogP contribution in [0.15, 0.2) is 27.1 Å². The van der Waals surface area contributed by atoms with Crippen LogP contribution in [0.1, 0.15) is 24.4 Å². The third-order valence-corrected chi connectivity index (χ3v) is 3.96. The highest BCUT2D eigenvalue weighted by Crippen LogP contribution is 2.31. The van der Waals surface area contributed by atoms with Crippen LogP contribution in [0.2, 0.25) is 0 Å². The first-order valence-electron chi connectivity index (χ1n) is 5.46. The van der Waals surface area contributed by atoms with Crippen molar-refractivity contribution in [1.82, 2.24) is 0 Å². The Morgan fingerprint density at radius 1 is 1.12 bits per heavy atom. The molecule has 17 heavy (non-hydrogen) atoms. The zero-order chi connectivity index (χ0) is 11.5. The highest BCUT2D eigenvalue weighted by atomic mass is 79.9. The molecule has 1 atom stereocenters. The monoisotopic (exact) mass is 383 g/mol. The SMILES string of the molecule is Cl.N[C@@H](c1cc(Br)cc(Br)c1)C1CCOCC1. The van der Waals surface area contributed by atoms with Crippen LogP contribution in [0.3, 0.4) is 0 Å². The van der Waals surface area contributed by atoms with Crippen molar-refractivity contribution in [3.8, 4) is 0 Å². The molecule has 1 aliphatic heterocycles. The van der Waals surface area contributed by atoms with Crippen molar-refractivity contribution >= 4 is 44.3 Å². The molecule has 2 nitrogen and oxygen atoms in total. The van der Waals surface area contributed by atoms with Gasteiger partial charge in [0.05, 0.1) is 0 Å². The van der Waals surface area contributed by atoms with Crippen LogP contribution in [0.4, 0.5) is 0 Å². The van der Waals surface area contributed by atoms with Gasteiger partial charge in [0.1, 0.15) is 0 Å². The minimum atomic E-state index is 0. The summed E-state index contributed by atoms with van der Waals surface area (Å²) < 4.78 is 7.50. The number of halogens is 3. The maximum atomic E-state index is 6.31. The molecule has 1 aliphatic rings. The fourth-order valence-electron chi connectivity index (χ4n) is 2.11. The predicted molar refractivity (Wildman–Crippen MR) is 79.6 cm³/mol. The summed E-state index contributed by atoms with van der Waals surface area (Å²) in [4.78, 5) is 0. The van der Waals surface area contributed by atoms with Crippen molar-refractivity contribution in [2.24, 2.45) is 11.7 Å². The summed E-state index contributed by atoms with van der Waals surface area (Å²) in [6, 6.07) is 6.34. The van der Waals surface area contributed by atoms with Crippen LogP contribution in [0, 0.1) is 5.92 Å². The molecule has 96 valence electrons. The van der Waals surface area contributed by atoms with E-state index in [1.165, 1.54) is 5.56 Å². The molecule has 1 aromatic carbocycles. The fourth-order valence-corrected chi connectivity index (χ4v) is 3.44. The lowest BCUT2D eigenvalue weighted by molar-refractivity contribution is 0.0583. The fraction of sp³-hybridized carbons (Fsp3) is 0.500. The number of rotatable bonds is 2. The number of nitrogens with two attached hydrogens (primary N) is 1. The summed E-state index contributed by atoms with van der Waals surface area (Å²) in [6.45, 7) is 1.68. The van der Waals surface area contributed by atoms with E-state index in [-0.39, 0.29) is 18.4 Å². The molecule has 0 radical (unpaired) electrons. The lowest BCUT2D eigenvalue weighted by Crippen LogP contribution is -2.27. The summed E-state index contributed by atoms with van der Waals surface area (Å²) >= 11 is 6.99. The first-order valence-corrected chi connectivity index (χ1v) is 7.05. The molecule has 1 saturated heterocycles. The Bertz CT molecular complexity index is 349. The zero-order valence-electron chi connectivity index (χ0n) is 9.36. The first-order chi connectivity index (χ1) is 7.66. The lowest BCUT2D eigenvalue weighted by atomic mass is 9.88. The van der Waals surface area contributed by atoms with Crippen molar-refractivity contribution in [3.63, 3.8) is 0 Å². The molecule has 2 N–H and O–H groups in total. The van der Waals surface area contributed by atoms with Crippen molar-refractivity contribution in [2.45, 2.75) is 18.9 Å². The van der Waals surface area contributed by atoms with Crippen LogP contribution in [0.5, 0.6) is 0 Å². The third-order valence-electron chi connectivity index (χ3n) is 3.04. The first kappa shape index (κ1) is 15.4. The zero-order valence-corrected chi connectivity index (χ0v) is 13.4. The number of benzene rings is 1. The van der Waals surface area contributed by atoms with Gasteiger partial charge in [-0.1, -0.05) is 31.9 Å². The third kappa shape index (κ3) is 4.21. The second-order valence-electron chi connectivity index (χ2n) is 4.18. The summed E-state index contributed by atoms with van der Waals surface area (Å²) in [5.74, 6) is 0.537. The van der Waals surface area contributed by atoms with Crippen molar-refractivity contribution in [1.29, 1.82) is 0 Å². The smallest absolute Gasteiger partial charge is 0.0469 e. The van der Waals surface area contributed by atoms with E-state index in [0.29, 0.717) is 5.92 Å². The molecule has 1 aromatic rings. The van der Waals surface area contributed by atoms with Gasteiger partial charge in [-0.3, -0.25) is 0 Å². The molecule has 1 fully saturated rings. The predicted octanol–water partition coefficient (Wildman–Crippen LogP) is 4.06. The van der Waals surface area contributed by atoms with Gasteiger partial charge in [0.15, 0.2) is 0 Å². The maximum Gasteiger partial charge on any atom is 0.0469 e. The molecule has 0 aromatic heterocycles. The lowest BCUT2D eigenvalue weighted by Gasteiger charge is -2.28. The molecule has 0 saturated carbocycles. The Hall–Kier alpha value is 0.390. The summed E-state index contributed by atoms with van der Waals surface area (Å²) in [5.41, 5.74) is 7.50. The highest BCUT2D eigenvalue weighted by Gasteiger charge is 2.22. The number of hydrogen-bond donors (Lipinski definition) is 1. The van der Waals surface area contributed by atoms with Gasteiger partial charge in [0.2, 0.25) is 0 Å². The van der Waals surface area contributed by atoms with Gasteiger partial charge >= 0.3 is 0 Å². The largest absolute Gasteiger partial charge is 0.381 e. The molecule has 0 bridgehead atoms. The number of ether oxygens (including phenoxy) is 1. The van der Waals surface area contributed by atoms with Crippen LogP contribution in [-0.2, 0) is 4.74 Å². The summed E-state index contributed by atoms with van der Waals surface area (Å²) in [5, 5.41) is 0. The quantitative estimate of drug-likeness (QED) is 0.833. The van der Waals surface area contributed by atoms with Gasteiger partial charge in [-0.05, 0) is 42.5 Å². The normalized spacial score (nSPS) is 18.5. The van der Waals surface area contributed by atoms with E-state index in [1.54, 1.807) is 0 Å². The highest BCUT2D eigenvalue weighted by molar-refractivity contribution is 9.11. The molecular weight excluding hydrogens is 369 g/mol. The van der Waals surface area contributed by atoms with Crippen LogP contribution < -0.4 is 5.73 Å². The minimum Gasteiger partial charge on any atom is -0.381 e. The van der Waals surface area contributed by atoms with Crippen molar-refractivity contribution < 1.29 is 4.74 Å². The minimum absolute atomic E-state index is 0. The molecule has 0 spiro atoms. The van der Waals surface area contributed by atoms with E-state index in [9.17, 15) is 0 Å². The average Bonchev–Trinajstić information content (AvgIpc) is 2.28. The van der Waals surface area contributed by atoms with E-state index in [1.807, 2.05) is 6.07 Å². The molecule has 2 rings (SSSR count). The second-order valence-corrected chi connectivity index (χ2v) is 6.01. The van der Waals surface area contributed by atoms with E-state index < -0.39 is 0 Å². The standard InChI is InChI=1S/C12H15Br2NO.ClH/c13-10-5-9(6-11(14)7-10)12(15)8-1-3-16-4-2-8;/h5-8,12H,1-4,15H2;1H/t12-;/m1./s1. The second kappa shape index (κ2) is 7.10. The topological polar surface area (TPSA) is 35.2 Å². The van der Waals surface area contributed by atoms with Crippen LogP contribution in [-0.4, -0.2) is 13.2 Å². The maximum absolute atomic E-state index is 6.31. The number of hydrogen-bond acceptors (Lipinski definition) is 2. The Morgan fingerprint density at radius 2 is 1.65 bits per heavy atom. The van der Waals surface area contributed by atoms with Crippen molar-refractivity contribution in [3.05, 3.63) is 32.7 Å². The Morgan fingerprint density at radius 3 is 2.18 bits per heavy atom. The molecule has 0 unspecified atom stereocenters. The van der Waals surface area contributed by atoms with Gasteiger partial charge in [-0.2, -0.15) is 0 Å². The molecule has 0 amide bonds. The van der Waals surface area contributed by atoms with Gasteiger partial charge in [-0.15, -0.1) is 12.4 Å². The van der Waals surface area contributed by atoms with E-state index >= 15 is 0 Å². The van der Waals surface area contributed by atoms with Gasteiger partial charge in [0, 0.05) is 28.2 Å². The summed E-state index contributed by atoms with van der Waals surface area (Å²) in [7, 11) is 0. The van der Waals surface area contributed by atoms with E-state index in [0.717, 1.165) is 35.0 Å². The van der Waals surface area contributed by atoms with Crippen LogP contribution >= 0.6 is 44.3 Å². The van der Waals surface area contributed by atoms with Crippen molar-refractivity contribution in [2.75, 3.05) is 13.2 Å². The molecule has 1 heterocycles. The van der Waals surface area contributed by atoms with Gasteiger partial charge in [-0.25, -0.2) is 0 Å². The summed E-state index contributed by atoms with van der Waals surface area (Å²) in [6.07, 6.45) is 2.12. The molecule has 0 aliphatic carbocycles. The Kier molecular flexibility index (Phi) is 6.45. The molecule has 5 heteroatoms. The van der Waals surface area contributed by atoms with E-state index in [2.05, 4.69) is 44.0 Å². The van der Waals surface area contributed by atoms with Crippen LogP contribution in [0.25, 0.3) is 0 Å². The van der Waals surface area contributed by atoms with Gasteiger partial charge in [0.25, 0.3) is 0 Å². The van der Waals surface area contributed by atoms with E-state index in [4.69, 9.17) is 10.5 Å². The average molecular weight is 386 g/mol. The molecular formula is C12H16Br2ClNO.